The summed E-state index contributed by atoms with van der Waals surface area (Å²) < 4.78 is 5.50. The summed E-state index contributed by atoms with van der Waals surface area (Å²) in [6.45, 7) is 2.34. The van der Waals surface area contributed by atoms with E-state index in [0.29, 0.717) is 6.54 Å². The first-order valence-electron chi connectivity index (χ1n) is 6.62. The van der Waals surface area contributed by atoms with Crippen LogP contribution in [0.4, 0.5) is 0 Å². The van der Waals surface area contributed by atoms with Crippen molar-refractivity contribution in [1.29, 1.82) is 0 Å². The zero-order chi connectivity index (χ0) is 12.4. The van der Waals surface area contributed by atoms with Crippen LogP contribution >= 0.6 is 0 Å². The van der Waals surface area contributed by atoms with Crippen molar-refractivity contribution >= 4 is 10.8 Å². The van der Waals surface area contributed by atoms with E-state index in [1.165, 1.54) is 16.3 Å². The van der Waals surface area contributed by atoms with E-state index in [-0.39, 0.29) is 5.41 Å². The second kappa shape index (κ2) is 4.71. The van der Waals surface area contributed by atoms with E-state index in [1.807, 2.05) is 0 Å². The van der Waals surface area contributed by atoms with Crippen LogP contribution in [0.2, 0.25) is 0 Å². The van der Waals surface area contributed by atoms with Gasteiger partial charge in [0.25, 0.3) is 0 Å². The van der Waals surface area contributed by atoms with Crippen LogP contribution in [-0.4, -0.2) is 19.8 Å². The highest BCUT2D eigenvalue weighted by molar-refractivity contribution is 5.86. The van der Waals surface area contributed by atoms with Gasteiger partial charge in [-0.1, -0.05) is 42.5 Å². The zero-order valence-electron chi connectivity index (χ0n) is 10.6. The van der Waals surface area contributed by atoms with E-state index in [9.17, 15) is 0 Å². The van der Waals surface area contributed by atoms with Gasteiger partial charge in [-0.25, -0.2) is 0 Å². The van der Waals surface area contributed by atoms with Crippen LogP contribution in [-0.2, 0) is 10.2 Å². The lowest BCUT2D eigenvalue weighted by Gasteiger charge is -2.37. The third-order valence-corrected chi connectivity index (χ3v) is 4.20. The van der Waals surface area contributed by atoms with Crippen molar-refractivity contribution in [2.45, 2.75) is 18.3 Å². The molecule has 3 rings (SSSR count). The van der Waals surface area contributed by atoms with Crippen LogP contribution < -0.4 is 5.73 Å². The molecule has 0 amide bonds. The molecule has 0 saturated carbocycles. The highest BCUT2D eigenvalue weighted by Crippen LogP contribution is 2.37. The SMILES string of the molecule is NCC1(c2cccc3ccccc23)CCOCC1. The molecule has 2 aromatic rings. The van der Waals surface area contributed by atoms with E-state index in [0.717, 1.165) is 26.1 Å². The molecule has 1 aliphatic rings. The largest absolute Gasteiger partial charge is 0.381 e. The minimum absolute atomic E-state index is 0.0963. The Morgan fingerprint density at radius 2 is 1.72 bits per heavy atom. The van der Waals surface area contributed by atoms with Gasteiger partial charge in [-0.15, -0.1) is 0 Å². The lowest BCUT2D eigenvalue weighted by atomic mass is 9.72. The molecule has 2 nitrogen and oxygen atoms in total. The summed E-state index contributed by atoms with van der Waals surface area (Å²) >= 11 is 0. The molecule has 94 valence electrons. The predicted octanol–water partition coefficient (Wildman–Crippen LogP) is 2.85. The molecule has 18 heavy (non-hydrogen) atoms. The third-order valence-electron chi connectivity index (χ3n) is 4.20. The van der Waals surface area contributed by atoms with Crippen LogP contribution in [0, 0.1) is 0 Å². The first kappa shape index (κ1) is 11.7. The fraction of sp³-hybridized carbons (Fsp3) is 0.375. The molecule has 2 N–H and O–H groups in total. The number of rotatable bonds is 2. The Morgan fingerprint density at radius 3 is 2.50 bits per heavy atom. The molecule has 0 spiro atoms. The van der Waals surface area contributed by atoms with Crippen molar-refractivity contribution in [2.75, 3.05) is 19.8 Å². The summed E-state index contributed by atoms with van der Waals surface area (Å²) in [4.78, 5) is 0. The number of benzene rings is 2. The molecule has 2 heteroatoms. The Hall–Kier alpha value is -1.38. The van der Waals surface area contributed by atoms with Gasteiger partial charge in [-0.05, 0) is 29.2 Å². The van der Waals surface area contributed by atoms with Gasteiger partial charge in [-0.2, -0.15) is 0 Å². The second-order valence-corrected chi connectivity index (χ2v) is 5.12. The summed E-state index contributed by atoms with van der Waals surface area (Å²) in [6.07, 6.45) is 2.05. The molecule has 0 radical (unpaired) electrons. The molecule has 0 bridgehead atoms. The van der Waals surface area contributed by atoms with E-state index >= 15 is 0 Å². The van der Waals surface area contributed by atoms with Crippen molar-refractivity contribution in [3.8, 4) is 0 Å². The third kappa shape index (κ3) is 1.82. The summed E-state index contributed by atoms with van der Waals surface area (Å²) in [6, 6.07) is 15.1. The zero-order valence-corrected chi connectivity index (χ0v) is 10.6. The van der Waals surface area contributed by atoms with Gasteiger partial charge in [0.05, 0.1) is 0 Å². The highest BCUT2D eigenvalue weighted by atomic mass is 16.5. The molecule has 0 atom stereocenters. The molecule has 1 aliphatic heterocycles. The van der Waals surface area contributed by atoms with E-state index in [4.69, 9.17) is 10.5 Å². The van der Waals surface area contributed by atoms with E-state index in [2.05, 4.69) is 42.5 Å². The van der Waals surface area contributed by atoms with Gasteiger partial charge in [0.1, 0.15) is 0 Å². The second-order valence-electron chi connectivity index (χ2n) is 5.12. The quantitative estimate of drug-likeness (QED) is 0.877. The number of hydrogen-bond acceptors (Lipinski definition) is 2. The highest BCUT2D eigenvalue weighted by Gasteiger charge is 2.34. The van der Waals surface area contributed by atoms with Gasteiger partial charge in [0.15, 0.2) is 0 Å². The maximum atomic E-state index is 6.11. The molecule has 0 aromatic heterocycles. The molecular formula is C16H19NO. The Labute approximate surface area is 108 Å². The van der Waals surface area contributed by atoms with Gasteiger partial charge < -0.3 is 10.5 Å². The smallest absolute Gasteiger partial charge is 0.0475 e. The average molecular weight is 241 g/mol. The molecule has 0 aliphatic carbocycles. The fourth-order valence-corrected chi connectivity index (χ4v) is 3.03. The van der Waals surface area contributed by atoms with Crippen molar-refractivity contribution in [3.63, 3.8) is 0 Å². The Kier molecular flexibility index (Phi) is 3.06. The number of fused-ring (bicyclic) bond motifs is 1. The van der Waals surface area contributed by atoms with E-state index < -0.39 is 0 Å². The van der Waals surface area contributed by atoms with Crippen LogP contribution in [0.3, 0.4) is 0 Å². The lowest BCUT2D eigenvalue weighted by molar-refractivity contribution is 0.0534. The summed E-state index contributed by atoms with van der Waals surface area (Å²) in [7, 11) is 0. The fourth-order valence-electron chi connectivity index (χ4n) is 3.03. The predicted molar refractivity (Wildman–Crippen MR) is 74.7 cm³/mol. The van der Waals surface area contributed by atoms with Gasteiger partial charge >= 0.3 is 0 Å². The van der Waals surface area contributed by atoms with Gasteiger partial charge in [-0.3, -0.25) is 0 Å². The van der Waals surface area contributed by atoms with Crippen LogP contribution in [0.1, 0.15) is 18.4 Å². The van der Waals surface area contributed by atoms with Crippen LogP contribution in [0.25, 0.3) is 10.8 Å². The Bertz CT molecular complexity index is 538. The molecule has 1 fully saturated rings. The normalized spacial score (nSPS) is 18.9. The van der Waals surface area contributed by atoms with Gasteiger partial charge in [0.2, 0.25) is 0 Å². The molecule has 1 heterocycles. The first-order valence-corrected chi connectivity index (χ1v) is 6.62. The summed E-state index contributed by atoms with van der Waals surface area (Å²) in [5.41, 5.74) is 7.60. The van der Waals surface area contributed by atoms with Crippen LogP contribution in [0.5, 0.6) is 0 Å². The van der Waals surface area contributed by atoms with Crippen molar-refractivity contribution in [2.24, 2.45) is 5.73 Å². The molecular weight excluding hydrogens is 222 g/mol. The van der Waals surface area contributed by atoms with Gasteiger partial charge in [0, 0.05) is 25.2 Å². The number of hydrogen-bond donors (Lipinski definition) is 1. The average Bonchev–Trinajstić information content (AvgIpc) is 2.47. The number of nitrogens with two attached hydrogens (primary N) is 1. The van der Waals surface area contributed by atoms with Crippen molar-refractivity contribution < 1.29 is 4.74 Å². The van der Waals surface area contributed by atoms with E-state index in [1.54, 1.807) is 0 Å². The van der Waals surface area contributed by atoms with Crippen molar-refractivity contribution in [1.82, 2.24) is 0 Å². The first-order chi connectivity index (χ1) is 8.86. The maximum Gasteiger partial charge on any atom is 0.0475 e. The molecule has 1 saturated heterocycles. The summed E-state index contributed by atoms with van der Waals surface area (Å²) in [5, 5.41) is 2.64. The standard InChI is InChI=1S/C16H19NO/c17-12-16(8-10-18-11-9-16)15-7-3-5-13-4-1-2-6-14(13)15/h1-7H,8-12,17H2. The maximum absolute atomic E-state index is 6.11. The van der Waals surface area contributed by atoms with Crippen LogP contribution in [0.15, 0.2) is 42.5 Å². The minimum Gasteiger partial charge on any atom is -0.381 e. The Morgan fingerprint density at radius 1 is 1.00 bits per heavy atom. The lowest BCUT2D eigenvalue weighted by Crippen LogP contribution is -2.40. The minimum atomic E-state index is 0.0963. The van der Waals surface area contributed by atoms with Crippen molar-refractivity contribution in [3.05, 3.63) is 48.0 Å². The molecule has 2 aromatic carbocycles. The molecule has 0 unspecified atom stereocenters. The monoisotopic (exact) mass is 241 g/mol. The topological polar surface area (TPSA) is 35.2 Å². The number of ether oxygens (including phenoxy) is 1. The summed E-state index contributed by atoms with van der Waals surface area (Å²) in [5.74, 6) is 0. The Balaban J connectivity index is 2.17.